The van der Waals surface area contributed by atoms with Crippen LogP contribution in [0.2, 0.25) is 0 Å². The molecule has 2 bridgehead atoms. The average molecular weight is 329 g/mol. The van der Waals surface area contributed by atoms with E-state index < -0.39 is 0 Å². The number of rotatable bonds is 2. The fourth-order valence-corrected chi connectivity index (χ4v) is 2.87. The molecule has 0 unspecified atom stereocenters. The lowest BCUT2D eigenvalue weighted by Crippen LogP contribution is -2.26. The molecule has 0 radical (unpaired) electrons. The largest absolute Gasteiger partial charge is 0.298 e. The maximum Gasteiger partial charge on any atom is 0.188 e. The van der Waals surface area contributed by atoms with E-state index in [-0.39, 0.29) is 23.4 Å². The molecule has 3 heteroatoms. The average Bonchev–Trinajstić information content (AvgIpc) is 2.57. The van der Waals surface area contributed by atoms with Crippen molar-refractivity contribution >= 4 is 27.5 Å². The molecule has 1 aromatic rings. The van der Waals surface area contributed by atoms with Crippen LogP contribution in [0.15, 0.2) is 64.7 Å². The van der Waals surface area contributed by atoms with Crippen LogP contribution in [0.3, 0.4) is 0 Å². The van der Waals surface area contributed by atoms with Crippen LogP contribution in [0, 0.1) is 11.8 Å². The summed E-state index contributed by atoms with van der Waals surface area (Å²) in [6, 6.07) is 7.32. The lowest BCUT2D eigenvalue weighted by atomic mass is 9.79. The van der Waals surface area contributed by atoms with E-state index in [2.05, 4.69) is 15.9 Å². The van der Waals surface area contributed by atoms with Crippen LogP contribution < -0.4 is 0 Å². The van der Waals surface area contributed by atoms with Crippen LogP contribution >= 0.6 is 15.9 Å². The van der Waals surface area contributed by atoms with Gasteiger partial charge in [-0.25, -0.2) is 0 Å². The van der Waals surface area contributed by atoms with Crippen molar-refractivity contribution in [2.45, 2.75) is 6.42 Å². The number of Topliss-reactive ketones (excluding diaryl/α,β-unsaturated/α-hetero) is 2. The van der Waals surface area contributed by atoms with Gasteiger partial charge in [0.15, 0.2) is 11.6 Å². The summed E-state index contributed by atoms with van der Waals surface area (Å²) in [5.74, 6) is -0.237. The highest BCUT2D eigenvalue weighted by atomic mass is 79.9. The first-order chi connectivity index (χ1) is 9.65. The van der Waals surface area contributed by atoms with E-state index in [4.69, 9.17) is 0 Å². The van der Waals surface area contributed by atoms with Gasteiger partial charge in [0.25, 0.3) is 0 Å². The molecule has 0 spiro atoms. The van der Waals surface area contributed by atoms with E-state index in [9.17, 15) is 9.59 Å². The van der Waals surface area contributed by atoms with E-state index in [0.29, 0.717) is 12.0 Å². The number of carbonyl (C=O) groups excluding carboxylic acids is 2. The Hall–Kier alpha value is -1.74. The minimum atomic E-state index is -0.266. The summed E-state index contributed by atoms with van der Waals surface area (Å²) < 4.78 is 0.946. The summed E-state index contributed by atoms with van der Waals surface area (Å²) in [4.78, 5) is 24.6. The highest BCUT2D eigenvalue weighted by molar-refractivity contribution is 9.10. The molecular weight excluding hydrogens is 316 g/mol. The van der Waals surface area contributed by atoms with Crippen molar-refractivity contribution in [2.24, 2.45) is 11.8 Å². The minimum Gasteiger partial charge on any atom is -0.298 e. The first-order valence-electron chi connectivity index (χ1n) is 6.55. The van der Waals surface area contributed by atoms with Crippen LogP contribution in [0.4, 0.5) is 0 Å². The molecule has 0 heterocycles. The first-order valence-corrected chi connectivity index (χ1v) is 7.34. The van der Waals surface area contributed by atoms with Crippen LogP contribution in [0.5, 0.6) is 0 Å². The first kappa shape index (κ1) is 13.3. The van der Waals surface area contributed by atoms with Crippen LogP contribution in [-0.2, 0) is 4.79 Å². The lowest BCUT2D eigenvalue weighted by molar-refractivity contribution is -0.123. The van der Waals surface area contributed by atoms with Crippen molar-refractivity contribution in [2.75, 3.05) is 0 Å². The Labute approximate surface area is 126 Å². The van der Waals surface area contributed by atoms with Gasteiger partial charge in [0, 0.05) is 16.0 Å². The molecule has 0 aromatic heterocycles. The number of ketones is 2. The number of hydrogen-bond donors (Lipinski definition) is 0. The van der Waals surface area contributed by atoms with Gasteiger partial charge in [-0.1, -0.05) is 46.3 Å². The Kier molecular flexibility index (Phi) is 3.53. The maximum absolute atomic E-state index is 12.5. The quantitative estimate of drug-likeness (QED) is 0.772. The fraction of sp³-hybridized carbons (Fsp3) is 0.176. The molecule has 2 nitrogen and oxygen atoms in total. The van der Waals surface area contributed by atoms with Crippen molar-refractivity contribution < 1.29 is 9.59 Å². The highest BCUT2D eigenvalue weighted by Gasteiger charge is 2.31. The number of allylic oxidation sites excluding steroid dienone is 6. The van der Waals surface area contributed by atoms with E-state index in [0.717, 1.165) is 10.0 Å². The van der Waals surface area contributed by atoms with Gasteiger partial charge in [0.1, 0.15) is 0 Å². The molecule has 1 aromatic carbocycles. The molecule has 100 valence electrons. The molecular formula is C17H13BrO2. The summed E-state index contributed by atoms with van der Waals surface area (Å²) in [6.45, 7) is 0. The number of carbonyl (C=O) groups is 2. The fourth-order valence-electron chi connectivity index (χ4n) is 2.60. The number of hydrogen-bond acceptors (Lipinski definition) is 2. The zero-order valence-electron chi connectivity index (χ0n) is 10.8. The molecule has 2 aliphatic rings. The van der Waals surface area contributed by atoms with Crippen molar-refractivity contribution in [1.82, 2.24) is 0 Å². The van der Waals surface area contributed by atoms with Gasteiger partial charge in [0.05, 0.1) is 5.92 Å². The summed E-state index contributed by atoms with van der Waals surface area (Å²) in [7, 11) is 0. The Morgan fingerprint density at radius 2 is 1.80 bits per heavy atom. The van der Waals surface area contributed by atoms with Crippen LogP contribution in [-0.4, -0.2) is 11.6 Å². The van der Waals surface area contributed by atoms with Crippen LogP contribution in [0.25, 0.3) is 0 Å². The summed E-state index contributed by atoms with van der Waals surface area (Å²) in [5, 5.41) is 0. The molecule has 0 saturated heterocycles. The van der Waals surface area contributed by atoms with Crippen molar-refractivity contribution in [3.63, 3.8) is 0 Å². The SMILES string of the molecule is O=C(C1=C[C@@H]2C=CC=C[C@H](C1)C2=O)c1ccc(Br)cc1. The van der Waals surface area contributed by atoms with Crippen molar-refractivity contribution in [3.05, 3.63) is 70.3 Å². The Morgan fingerprint density at radius 3 is 2.55 bits per heavy atom. The number of fused-ring (bicyclic) bond motifs is 2. The van der Waals surface area contributed by atoms with Gasteiger partial charge < -0.3 is 0 Å². The maximum atomic E-state index is 12.5. The van der Waals surface area contributed by atoms with Crippen molar-refractivity contribution in [1.29, 1.82) is 0 Å². The third-order valence-electron chi connectivity index (χ3n) is 3.69. The molecule has 20 heavy (non-hydrogen) atoms. The second kappa shape index (κ2) is 5.33. The third-order valence-corrected chi connectivity index (χ3v) is 4.21. The zero-order valence-corrected chi connectivity index (χ0v) is 12.3. The minimum absolute atomic E-state index is 0.0173. The molecule has 0 aliphatic heterocycles. The second-order valence-corrected chi connectivity index (χ2v) is 5.95. The zero-order chi connectivity index (χ0) is 14.1. The van der Waals surface area contributed by atoms with E-state index in [1.54, 1.807) is 12.1 Å². The predicted molar refractivity (Wildman–Crippen MR) is 81.4 cm³/mol. The molecule has 0 fully saturated rings. The molecule has 0 N–H and O–H groups in total. The van der Waals surface area contributed by atoms with E-state index >= 15 is 0 Å². The highest BCUT2D eigenvalue weighted by Crippen LogP contribution is 2.31. The topological polar surface area (TPSA) is 34.1 Å². The summed E-state index contributed by atoms with van der Waals surface area (Å²) in [6.07, 6.45) is 9.83. The molecule has 2 atom stereocenters. The van der Waals surface area contributed by atoms with Gasteiger partial charge in [0.2, 0.25) is 0 Å². The number of halogens is 1. The molecule has 0 amide bonds. The Balaban J connectivity index is 1.93. The van der Waals surface area contributed by atoms with Gasteiger partial charge >= 0.3 is 0 Å². The summed E-state index contributed by atoms with van der Waals surface area (Å²) >= 11 is 3.36. The van der Waals surface area contributed by atoms with Gasteiger partial charge in [-0.15, -0.1) is 0 Å². The molecule has 3 rings (SSSR count). The third kappa shape index (κ3) is 2.46. The van der Waals surface area contributed by atoms with Crippen LogP contribution in [0.1, 0.15) is 16.8 Å². The van der Waals surface area contributed by atoms with Crippen molar-refractivity contribution in [3.8, 4) is 0 Å². The monoisotopic (exact) mass is 328 g/mol. The van der Waals surface area contributed by atoms with Gasteiger partial charge in [-0.05, 0) is 36.3 Å². The smallest absolute Gasteiger partial charge is 0.188 e. The Morgan fingerprint density at radius 1 is 1.10 bits per heavy atom. The van der Waals surface area contributed by atoms with E-state index in [1.165, 1.54) is 0 Å². The summed E-state index contributed by atoms with van der Waals surface area (Å²) in [5.41, 5.74) is 1.40. The predicted octanol–water partition coefficient (Wildman–Crippen LogP) is 3.89. The van der Waals surface area contributed by atoms with E-state index in [1.807, 2.05) is 42.5 Å². The van der Waals surface area contributed by atoms with Gasteiger partial charge in [-0.2, -0.15) is 0 Å². The standard InChI is InChI=1S/C17H13BrO2/c18-15-7-5-11(6-8-15)16(19)14-9-12-3-1-2-4-13(10-14)17(12)20/h1-9,12-13H,10H2/t12-,13+/m0/s1. The lowest BCUT2D eigenvalue weighted by Gasteiger charge is -2.22. The molecule has 2 aliphatic carbocycles. The molecule has 0 saturated carbocycles. The second-order valence-electron chi connectivity index (χ2n) is 5.04. The normalized spacial score (nSPS) is 24.2. The van der Waals surface area contributed by atoms with Gasteiger partial charge in [-0.3, -0.25) is 9.59 Å². The Bertz CT molecular complexity index is 650. The number of benzene rings is 1.